The summed E-state index contributed by atoms with van der Waals surface area (Å²) in [5, 5.41) is 2.28. The monoisotopic (exact) mass is 349 g/mol. The van der Waals surface area contributed by atoms with Crippen LogP contribution in [0.5, 0.6) is 0 Å². The van der Waals surface area contributed by atoms with Crippen molar-refractivity contribution >= 4 is 27.1 Å². The van der Waals surface area contributed by atoms with Crippen LogP contribution in [-0.2, 0) is 16.0 Å². The summed E-state index contributed by atoms with van der Waals surface area (Å²) >= 11 is 5.49. The van der Waals surface area contributed by atoms with Crippen LogP contribution in [-0.4, -0.2) is 15.5 Å². The molecule has 0 saturated heterocycles. The van der Waals surface area contributed by atoms with E-state index < -0.39 is 31.5 Å². The molecule has 0 aromatic heterocycles. The molecule has 0 unspecified atom stereocenters. The van der Waals surface area contributed by atoms with Crippen molar-refractivity contribution in [1.82, 2.24) is 0 Å². The van der Waals surface area contributed by atoms with E-state index >= 15 is 0 Å². The minimum atomic E-state index is -4.72. The number of sulfone groups is 1. The van der Waals surface area contributed by atoms with E-state index in [0.29, 0.717) is 11.8 Å². The van der Waals surface area contributed by atoms with Crippen LogP contribution < -0.4 is 5.32 Å². The molecule has 0 aliphatic heterocycles. The van der Waals surface area contributed by atoms with E-state index in [9.17, 15) is 21.6 Å². The van der Waals surface area contributed by atoms with Crippen molar-refractivity contribution in [2.75, 3.05) is 12.4 Å². The van der Waals surface area contributed by atoms with Gasteiger partial charge in [0.05, 0.1) is 20.4 Å². The molecular formula is C14H11ClF3NO2S. The Morgan fingerprint density at radius 1 is 1.00 bits per heavy atom. The quantitative estimate of drug-likeness (QED) is 0.901. The standard InChI is InChI=1S/C14H11ClF3NO2S/c1-19-9-2-4-10(5-3-9)22(20,21)11-6-7-13(15)12(8-11)14(16,17)18/h2-8,19H,1H3. The van der Waals surface area contributed by atoms with Gasteiger partial charge in [-0.1, -0.05) is 11.6 Å². The number of benzene rings is 2. The molecule has 2 aromatic carbocycles. The Bertz CT molecular complexity index is 787. The molecule has 0 amide bonds. The normalized spacial score (nSPS) is 12.2. The summed E-state index contributed by atoms with van der Waals surface area (Å²) in [4.78, 5) is -0.552. The molecule has 1 N–H and O–H groups in total. The fourth-order valence-corrected chi connectivity index (χ4v) is 3.34. The van der Waals surface area contributed by atoms with E-state index in [-0.39, 0.29) is 4.90 Å². The number of nitrogens with one attached hydrogen (secondary N) is 1. The van der Waals surface area contributed by atoms with E-state index in [0.717, 1.165) is 12.1 Å². The second-order valence-corrected chi connectivity index (χ2v) is 6.77. The maximum atomic E-state index is 12.8. The second kappa shape index (κ2) is 5.81. The van der Waals surface area contributed by atoms with E-state index in [1.807, 2.05) is 0 Å². The lowest BCUT2D eigenvalue weighted by Crippen LogP contribution is -2.09. The summed E-state index contributed by atoms with van der Waals surface area (Å²) in [5.41, 5.74) is -0.492. The van der Waals surface area contributed by atoms with Gasteiger partial charge < -0.3 is 5.32 Å². The van der Waals surface area contributed by atoms with Gasteiger partial charge in [-0.05, 0) is 42.5 Å². The van der Waals surface area contributed by atoms with Gasteiger partial charge >= 0.3 is 6.18 Å². The molecular weight excluding hydrogens is 339 g/mol. The number of anilines is 1. The molecule has 22 heavy (non-hydrogen) atoms. The highest BCUT2D eigenvalue weighted by atomic mass is 35.5. The van der Waals surface area contributed by atoms with Gasteiger partial charge in [0.15, 0.2) is 0 Å². The maximum Gasteiger partial charge on any atom is 0.417 e. The van der Waals surface area contributed by atoms with Crippen molar-refractivity contribution in [2.24, 2.45) is 0 Å². The fourth-order valence-electron chi connectivity index (χ4n) is 1.83. The Labute approximate surface area is 130 Å². The number of halogens is 4. The molecule has 0 aliphatic rings. The molecule has 2 rings (SSSR count). The van der Waals surface area contributed by atoms with Gasteiger partial charge in [0, 0.05) is 12.7 Å². The van der Waals surface area contributed by atoms with Crippen LogP contribution >= 0.6 is 11.6 Å². The Hall–Kier alpha value is -1.73. The van der Waals surface area contributed by atoms with Crippen molar-refractivity contribution in [3.8, 4) is 0 Å². The molecule has 8 heteroatoms. The predicted molar refractivity (Wildman–Crippen MR) is 77.9 cm³/mol. The lowest BCUT2D eigenvalue weighted by molar-refractivity contribution is -0.137. The smallest absolute Gasteiger partial charge is 0.388 e. The first-order valence-electron chi connectivity index (χ1n) is 6.06. The Balaban J connectivity index is 2.54. The van der Waals surface area contributed by atoms with Crippen LogP contribution in [0.1, 0.15) is 5.56 Å². The summed E-state index contributed by atoms with van der Waals surface area (Å²) in [6.45, 7) is 0. The van der Waals surface area contributed by atoms with Gasteiger partial charge in [0.25, 0.3) is 0 Å². The predicted octanol–water partition coefficient (Wildman–Crippen LogP) is 4.23. The van der Waals surface area contributed by atoms with Crippen molar-refractivity contribution in [2.45, 2.75) is 16.0 Å². The van der Waals surface area contributed by atoms with Gasteiger partial charge in [-0.2, -0.15) is 13.2 Å². The summed E-state index contributed by atoms with van der Waals surface area (Å²) in [6.07, 6.45) is -4.72. The average Bonchev–Trinajstić information content (AvgIpc) is 2.46. The maximum absolute atomic E-state index is 12.8. The molecule has 118 valence electrons. The first kappa shape index (κ1) is 16.6. The second-order valence-electron chi connectivity index (χ2n) is 4.42. The van der Waals surface area contributed by atoms with E-state index in [4.69, 9.17) is 11.6 Å². The highest BCUT2D eigenvalue weighted by Crippen LogP contribution is 2.36. The number of alkyl halides is 3. The minimum absolute atomic E-state index is 0.0954. The Kier molecular flexibility index (Phi) is 4.39. The van der Waals surface area contributed by atoms with Crippen LogP contribution in [0.4, 0.5) is 18.9 Å². The van der Waals surface area contributed by atoms with E-state index in [2.05, 4.69) is 5.32 Å². The fraction of sp³-hybridized carbons (Fsp3) is 0.143. The lowest BCUT2D eigenvalue weighted by atomic mass is 10.2. The van der Waals surface area contributed by atoms with Gasteiger partial charge in [0.1, 0.15) is 0 Å². The zero-order valence-corrected chi connectivity index (χ0v) is 12.9. The van der Waals surface area contributed by atoms with Gasteiger partial charge in [-0.15, -0.1) is 0 Å². The zero-order valence-electron chi connectivity index (χ0n) is 11.3. The van der Waals surface area contributed by atoms with Crippen molar-refractivity contribution < 1.29 is 21.6 Å². The summed E-state index contributed by atoms with van der Waals surface area (Å²) in [5.74, 6) is 0. The molecule has 0 saturated carbocycles. The third-order valence-electron chi connectivity index (χ3n) is 3.01. The number of rotatable bonds is 3. The first-order chi connectivity index (χ1) is 10.2. The van der Waals surface area contributed by atoms with E-state index in [1.54, 1.807) is 7.05 Å². The lowest BCUT2D eigenvalue weighted by Gasteiger charge is -2.11. The molecule has 0 atom stereocenters. The number of hydrogen-bond donors (Lipinski definition) is 1. The first-order valence-corrected chi connectivity index (χ1v) is 7.92. The summed E-state index contributed by atoms with van der Waals surface area (Å²) < 4.78 is 63.3. The van der Waals surface area contributed by atoms with Gasteiger partial charge in [0.2, 0.25) is 9.84 Å². The average molecular weight is 350 g/mol. The zero-order chi connectivity index (χ0) is 16.5. The van der Waals surface area contributed by atoms with Gasteiger partial charge in [-0.25, -0.2) is 8.42 Å². The SMILES string of the molecule is CNc1ccc(S(=O)(=O)c2ccc(Cl)c(C(F)(F)F)c2)cc1. The Morgan fingerprint density at radius 2 is 1.55 bits per heavy atom. The largest absolute Gasteiger partial charge is 0.417 e. The minimum Gasteiger partial charge on any atom is -0.388 e. The van der Waals surface area contributed by atoms with Crippen LogP contribution in [0, 0.1) is 0 Å². The van der Waals surface area contributed by atoms with Gasteiger partial charge in [-0.3, -0.25) is 0 Å². The number of hydrogen-bond acceptors (Lipinski definition) is 3. The molecule has 0 radical (unpaired) electrons. The molecule has 0 aliphatic carbocycles. The van der Waals surface area contributed by atoms with E-state index in [1.165, 1.54) is 24.3 Å². The molecule has 0 spiro atoms. The van der Waals surface area contributed by atoms with Crippen LogP contribution in [0.2, 0.25) is 5.02 Å². The van der Waals surface area contributed by atoms with Crippen molar-refractivity contribution in [3.63, 3.8) is 0 Å². The molecule has 2 aromatic rings. The van der Waals surface area contributed by atoms with Crippen LogP contribution in [0.15, 0.2) is 52.3 Å². The van der Waals surface area contributed by atoms with Crippen LogP contribution in [0.25, 0.3) is 0 Å². The van der Waals surface area contributed by atoms with Crippen molar-refractivity contribution in [1.29, 1.82) is 0 Å². The van der Waals surface area contributed by atoms with Crippen molar-refractivity contribution in [3.05, 3.63) is 53.1 Å². The van der Waals surface area contributed by atoms with Crippen LogP contribution in [0.3, 0.4) is 0 Å². The molecule has 0 bridgehead atoms. The summed E-state index contributed by atoms with van der Waals surface area (Å²) in [6, 6.07) is 8.22. The molecule has 3 nitrogen and oxygen atoms in total. The highest BCUT2D eigenvalue weighted by molar-refractivity contribution is 7.91. The Morgan fingerprint density at radius 3 is 2.05 bits per heavy atom. The third kappa shape index (κ3) is 3.20. The molecule has 0 fully saturated rings. The topological polar surface area (TPSA) is 46.2 Å². The highest BCUT2D eigenvalue weighted by Gasteiger charge is 2.34. The summed E-state index contributed by atoms with van der Waals surface area (Å²) in [7, 11) is -2.38. The third-order valence-corrected chi connectivity index (χ3v) is 5.10. The molecule has 0 heterocycles.